The van der Waals surface area contributed by atoms with Gasteiger partial charge in [0.1, 0.15) is 30.0 Å². The second-order valence-electron chi connectivity index (χ2n) is 29.7. The van der Waals surface area contributed by atoms with Gasteiger partial charge in [0.05, 0.1) is 45.1 Å². The van der Waals surface area contributed by atoms with Gasteiger partial charge in [0, 0.05) is 32.2 Å². The van der Waals surface area contributed by atoms with Gasteiger partial charge in [0.2, 0.25) is 17.7 Å². The van der Waals surface area contributed by atoms with Crippen LogP contribution in [0.3, 0.4) is 0 Å². The van der Waals surface area contributed by atoms with E-state index in [4.69, 9.17) is 28.2 Å². The summed E-state index contributed by atoms with van der Waals surface area (Å²) in [6.45, 7) is 11.1. The molecule has 0 aromatic rings. The minimum absolute atomic E-state index is 0.0712. The number of phosphoric acid groups is 1. The van der Waals surface area contributed by atoms with Crippen molar-refractivity contribution in [3.8, 4) is 0 Å². The maximum absolute atomic E-state index is 14.8. The number of ether oxygens (including phenoxy) is 5. The van der Waals surface area contributed by atoms with Crippen LogP contribution in [0.5, 0.6) is 0 Å². The Kier molecular flexibility index (Phi) is 62.9. The van der Waals surface area contributed by atoms with E-state index >= 15 is 0 Å². The summed E-state index contributed by atoms with van der Waals surface area (Å²) in [6.07, 6.45) is 48.8. The molecule has 0 radical (unpaired) electrons. The van der Waals surface area contributed by atoms with Crippen molar-refractivity contribution in [1.29, 1.82) is 0 Å². The van der Waals surface area contributed by atoms with Gasteiger partial charge in [-0.1, -0.05) is 311 Å². The van der Waals surface area contributed by atoms with Crippen LogP contribution in [0.15, 0.2) is 0 Å². The number of phosphoric ester groups is 1. The van der Waals surface area contributed by atoms with Crippen molar-refractivity contribution in [1.82, 2.24) is 16.0 Å². The lowest BCUT2D eigenvalue weighted by molar-refractivity contribution is -0.269. The standard InChI is InChI=1S/C81H154N3O16P/c1-7-13-19-25-31-34-40-43-49-55-69(97-76(89)58-52-46-37-28-22-16-10-4)63-73(86)82-61-62-95-80-79(84-75(88)65-71(57-51-45-42-36-33-27-21-15-9-3)99-78(91)60-54-48-39-30-24-18-12-6)72(66-81(67-85,100-80)68-96-101(92,93)94)83-74(87)64-70(56-50-44-41-35-32-26-20-14-8-2)98-77(90)59-53-47-38-29-23-17-11-5/h69-72,79-80,85H,7-68H2,1-6H3,(H,82,86)(H,83,87)(H,84,88)(H2,92,93,94)/t69-,70-,71-,72?,79?,80-,81?/m1/s1. The fourth-order valence-electron chi connectivity index (χ4n) is 13.6. The van der Waals surface area contributed by atoms with Gasteiger partial charge >= 0.3 is 25.7 Å². The third-order valence-corrected chi connectivity index (χ3v) is 20.3. The first-order valence-electron chi connectivity index (χ1n) is 42.0. The van der Waals surface area contributed by atoms with E-state index in [2.05, 4.69) is 57.5 Å². The van der Waals surface area contributed by atoms with Crippen LogP contribution in [-0.4, -0.2) is 119 Å². The molecular weight excluding hydrogens is 1300 g/mol. The fraction of sp³-hybridized carbons (Fsp3) is 0.926. The molecule has 0 saturated carbocycles. The molecule has 0 aromatic carbocycles. The minimum Gasteiger partial charge on any atom is -0.462 e. The maximum atomic E-state index is 14.8. The molecule has 7 atom stereocenters. The zero-order valence-electron chi connectivity index (χ0n) is 65.4. The molecule has 101 heavy (non-hydrogen) atoms. The Hall–Kier alpha value is -3.19. The molecule has 0 aliphatic carbocycles. The van der Waals surface area contributed by atoms with Gasteiger partial charge in [-0.3, -0.25) is 33.3 Å². The van der Waals surface area contributed by atoms with Crippen LogP contribution >= 0.6 is 7.82 Å². The van der Waals surface area contributed by atoms with Crippen molar-refractivity contribution in [3.63, 3.8) is 0 Å². The number of amides is 3. The van der Waals surface area contributed by atoms with Crippen molar-refractivity contribution in [2.45, 2.75) is 456 Å². The Labute approximate surface area is 615 Å². The van der Waals surface area contributed by atoms with Gasteiger partial charge in [-0.15, -0.1) is 0 Å². The largest absolute Gasteiger partial charge is 0.469 e. The number of hydrogen-bond donors (Lipinski definition) is 6. The second-order valence-corrected chi connectivity index (χ2v) is 30.9. The number of carbonyl (C=O) groups excluding carboxylic acids is 6. The lowest BCUT2D eigenvalue weighted by atomic mass is 9.87. The number of rotatable bonds is 73. The van der Waals surface area contributed by atoms with E-state index in [1.165, 1.54) is 116 Å². The lowest BCUT2D eigenvalue weighted by Gasteiger charge is -2.47. The van der Waals surface area contributed by atoms with E-state index in [1.54, 1.807) is 0 Å². The van der Waals surface area contributed by atoms with Gasteiger partial charge in [-0.25, -0.2) is 4.57 Å². The molecule has 19 nitrogen and oxygen atoms in total. The van der Waals surface area contributed by atoms with Crippen LogP contribution in [0.25, 0.3) is 0 Å². The highest BCUT2D eigenvalue weighted by atomic mass is 31.2. The molecule has 1 fully saturated rings. The summed E-state index contributed by atoms with van der Waals surface area (Å²) in [5.74, 6) is -2.55. The van der Waals surface area contributed by atoms with E-state index in [0.717, 1.165) is 180 Å². The smallest absolute Gasteiger partial charge is 0.462 e. The molecule has 0 spiro atoms. The molecule has 0 bridgehead atoms. The number of aliphatic hydroxyl groups excluding tert-OH is 1. The molecule has 3 amide bonds. The average molecular weight is 1460 g/mol. The first-order chi connectivity index (χ1) is 49.0. The van der Waals surface area contributed by atoms with Crippen LogP contribution in [0.1, 0.15) is 414 Å². The van der Waals surface area contributed by atoms with E-state index < -0.39 is 75.1 Å². The Morgan fingerprint density at radius 1 is 0.416 bits per heavy atom. The molecule has 1 aliphatic rings. The molecule has 0 aromatic heterocycles. The molecule has 6 N–H and O–H groups in total. The number of hydrogen-bond acceptors (Lipinski definition) is 14. The monoisotopic (exact) mass is 1460 g/mol. The van der Waals surface area contributed by atoms with Crippen molar-refractivity contribution < 1.29 is 76.4 Å². The summed E-state index contributed by atoms with van der Waals surface area (Å²) in [5.41, 5.74) is -1.92. The van der Waals surface area contributed by atoms with Crippen molar-refractivity contribution in [2.75, 3.05) is 26.4 Å². The first kappa shape index (κ1) is 95.8. The summed E-state index contributed by atoms with van der Waals surface area (Å²) < 4.78 is 48.6. The minimum atomic E-state index is -5.18. The highest BCUT2D eigenvalue weighted by Crippen LogP contribution is 2.40. The SMILES string of the molecule is CCCCCCCCCCC[C@H](CC(=O)NCCO[C@@H]1OC(CO)(COP(=O)(O)O)CC(NC(=O)C[C@@H](CCCCCCCCCCC)OC(=O)CCCCCCCCC)C1NC(=O)C[C@@H](CCCCCCCCCCC)OC(=O)CCCCCCCCC)OC(=O)CCCCCCCCC. The normalized spacial score (nSPS) is 17.1. The molecule has 1 heterocycles. The summed E-state index contributed by atoms with van der Waals surface area (Å²) >= 11 is 0. The number of esters is 3. The Morgan fingerprint density at radius 3 is 1.01 bits per heavy atom. The molecule has 1 rings (SSSR count). The number of aliphatic hydroxyl groups is 1. The predicted octanol–water partition coefficient (Wildman–Crippen LogP) is 19.8. The highest BCUT2D eigenvalue weighted by molar-refractivity contribution is 7.46. The first-order valence-corrected chi connectivity index (χ1v) is 43.5. The van der Waals surface area contributed by atoms with Crippen LogP contribution in [0, 0.1) is 0 Å². The van der Waals surface area contributed by atoms with Crippen LogP contribution in [0.4, 0.5) is 0 Å². The van der Waals surface area contributed by atoms with Crippen molar-refractivity contribution >= 4 is 43.5 Å². The van der Waals surface area contributed by atoms with Gasteiger partial charge in [-0.05, 0) is 57.8 Å². The zero-order valence-corrected chi connectivity index (χ0v) is 66.3. The van der Waals surface area contributed by atoms with E-state index in [1.807, 2.05) is 0 Å². The highest BCUT2D eigenvalue weighted by Gasteiger charge is 2.50. The van der Waals surface area contributed by atoms with Crippen LogP contribution in [-0.2, 0) is 61.5 Å². The molecule has 3 unspecified atom stereocenters. The van der Waals surface area contributed by atoms with Gasteiger partial charge in [0.15, 0.2) is 6.29 Å². The second kappa shape index (κ2) is 66.3. The summed E-state index contributed by atoms with van der Waals surface area (Å²) in [7, 11) is -5.18. The Balaban J connectivity index is 3.72. The molecule has 20 heteroatoms. The topological polar surface area (TPSA) is 272 Å². The average Bonchev–Trinajstić information content (AvgIpc) is 0.781. The lowest BCUT2D eigenvalue weighted by Crippen LogP contribution is -2.68. The maximum Gasteiger partial charge on any atom is 0.469 e. The Bertz CT molecular complexity index is 2070. The molecule has 1 saturated heterocycles. The van der Waals surface area contributed by atoms with Crippen molar-refractivity contribution in [3.05, 3.63) is 0 Å². The number of unbranched alkanes of at least 4 members (excludes halogenated alkanes) is 42. The Morgan fingerprint density at radius 2 is 0.703 bits per heavy atom. The van der Waals surface area contributed by atoms with Crippen LogP contribution < -0.4 is 16.0 Å². The molecular formula is C81H154N3O16P. The third kappa shape index (κ3) is 56.8. The molecule has 594 valence electrons. The van der Waals surface area contributed by atoms with Gasteiger partial charge < -0.3 is 54.5 Å². The van der Waals surface area contributed by atoms with Crippen LogP contribution in [0.2, 0.25) is 0 Å². The van der Waals surface area contributed by atoms with Gasteiger partial charge in [-0.2, -0.15) is 0 Å². The number of carbonyl (C=O) groups is 6. The summed E-state index contributed by atoms with van der Waals surface area (Å²) in [6, 6.07) is -2.39. The van der Waals surface area contributed by atoms with E-state index in [-0.39, 0.29) is 81.9 Å². The quantitative estimate of drug-likeness (QED) is 0.0143. The third-order valence-electron chi connectivity index (χ3n) is 19.8. The fourth-order valence-corrected chi connectivity index (χ4v) is 14.0. The predicted molar refractivity (Wildman–Crippen MR) is 407 cm³/mol. The molecule has 1 aliphatic heterocycles. The van der Waals surface area contributed by atoms with Gasteiger partial charge in [0.25, 0.3) is 0 Å². The van der Waals surface area contributed by atoms with E-state index in [0.29, 0.717) is 32.1 Å². The van der Waals surface area contributed by atoms with E-state index in [9.17, 15) is 48.2 Å². The summed E-state index contributed by atoms with van der Waals surface area (Å²) in [4.78, 5) is 104. The zero-order chi connectivity index (χ0) is 74.1. The summed E-state index contributed by atoms with van der Waals surface area (Å²) in [5, 5.41) is 20.2. The van der Waals surface area contributed by atoms with Crippen molar-refractivity contribution in [2.24, 2.45) is 0 Å². The number of nitrogens with one attached hydrogen (secondary N) is 3.